The Morgan fingerprint density at radius 2 is 2.50 bits per heavy atom. The van der Waals surface area contributed by atoms with Crippen LogP contribution in [0.5, 0.6) is 0 Å². The maximum absolute atomic E-state index is 9.66. The van der Waals surface area contributed by atoms with Crippen LogP contribution < -0.4 is 5.73 Å². The summed E-state index contributed by atoms with van der Waals surface area (Å²) >= 11 is 0. The highest BCUT2D eigenvalue weighted by atomic mass is 31.1. The standard InChI is InChI=1S/C4H10NO2P/c1-4(2-5)3-7-8-6/h4H,2-3,5H2,1H3. The van der Waals surface area contributed by atoms with Crippen LogP contribution in [0.4, 0.5) is 0 Å². The van der Waals surface area contributed by atoms with Crippen molar-refractivity contribution in [3.05, 3.63) is 0 Å². The molecule has 0 radical (unpaired) electrons. The van der Waals surface area contributed by atoms with Crippen LogP contribution in [-0.4, -0.2) is 13.2 Å². The Kier molecular flexibility index (Phi) is 5.18. The smallest absolute Gasteiger partial charge is 0.327 e. The molecule has 0 saturated heterocycles. The molecule has 8 heavy (non-hydrogen) atoms. The molecule has 0 spiro atoms. The van der Waals surface area contributed by atoms with Crippen LogP contribution in [0.15, 0.2) is 0 Å². The molecule has 0 aliphatic carbocycles. The predicted octanol–water partition coefficient (Wildman–Crippen LogP) is 0.805. The maximum atomic E-state index is 9.66. The van der Waals surface area contributed by atoms with E-state index in [-0.39, 0.29) is 8.69 Å². The highest BCUT2D eigenvalue weighted by molar-refractivity contribution is 7.17. The van der Waals surface area contributed by atoms with Gasteiger partial charge in [-0.2, -0.15) is 0 Å². The van der Waals surface area contributed by atoms with Crippen LogP contribution >= 0.6 is 8.69 Å². The van der Waals surface area contributed by atoms with Crippen molar-refractivity contribution < 1.29 is 9.09 Å². The van der Waals surface area contributed by atoms with E-state index in [1.165, 1.54) is 0 Å². The van der Waals surface area contributed by atoms with Crippen molar-refractivity contribution in [3.63, 3.8) is 0 Å². The van der Waals surface area contributed by atoms with Gasteiger partial charge in [-0.25, -0.2) is 4.57 Å². The van der Waals surface area contributed by atoms with Gasteiger partial charge in [-0.1, -0.05) is 6.92 Å². The molecule has 0 aromatic heterocycles. The third kappa shape index (κ3) is 4.19. The second kappa shape index (κ2) is 5.16. The molecule has 4 heteroatoms. The maximum Gasteiger partial charge on any atom is 0.327 e. The van der Waals surface area contributed by atoms with Gasteiger partial charge >= 0.3 is 8.69 Å². The zero-order valence-electron chi connectivity index (χ0n) is 4.83. The summed E-state index contributed by atoms with van der Waals surface area (Å²) in [6, 6.07) is 0. The predicted molar refractivity (Wildman–Crippen MR) is 31.8 cm³/mol. The molecule has 0 saturated carbocycles. The quantitative estimate of drug-likeness (QED) is 0.580. The first-order valence-electron chi connectivity index (χ1n) is 2.46. The van der Waals surface area contributed by atoms with Gasteiger partial charge in [0.25, 0.3) is 0 Å². The van der Waals surface area contributed by atoms with E-state index in [1.807, 2.05) is 6.92 Å². The van der Waals surface area contributed by atoms with Gasteiger partial charge in [0.15, 0.2) is 0 Å². The Hall–Kier alpha value is 0.0200. The minimum Gasteiger partial charge on any atom is -0.330 e. The van der Waals surface area contributed by atoms with Crippen LogP contribution in [0.2, 0.25) is 0 Å². The average Bonchev–Trinajstić information content (AvgIpc) is 1.83. The number of hydrogen-bond donors (Lipinski definition) is 1. The third-order valence-corrected chi connectivity index (χ3v) is 1.07. The van der Waals surface area contributed by atoms with Gasteiger partial charge in [0, 0.05) is 0 Å². The lowest BCUT2D eigenvalue weighted by molar-refractivity contribution is 0.285. The summed E-state index contributed by atoms with van der Waals surface area (Å²) in [4.78, 5) is 0. The molecule has 1 unspecified atom stereocenters. The van der Waals surface area contributed by atoms with Gasteiger partial charge in [-0.05, 0) is 12.5 Å². The highest BCUT2D eigenvalue weighted by Crippen LogP contribution is 1.99. The average molecular weight is 135 g/mol. The Bertz CT molecular complexity index is 69.1. The first kappa shape index (κ1) is 8.02. The van der Waals surface area contributed by atoms with Gasteiger partial charge in [-0.3, -0.25) is 4.52 Å². The Morgan fingerprint density at radius 1 is 1.88 bits per heavy atom. The largest absolute Gasteiger partial charge is 0.330 e. The van der Waals surface area contributed by atoms with Crippen molar-refractivity contribution in [2.45, 2.75) is 6.92 Å². The first-order chi connectivity index (χ1) is 3.81. The van der Waals surface area contributed by atoms with E-state index in [0.717, 1.165) is 0 Å². The van der Waals surface area contributed by atoms with Crippen molar-refractivity contribution in [3.8, 4) is 0 Å². The second-order valence-corrected chi connectivity index (χ2v) is 2.12. The molecule has 0 amide bonds. The zero-order valence-corrected chi connectivity index (χ0v) is 5.73. The molecule has 48 valence electrons. The minimum atomic E-state index is -0.256. The number of hydrogen-bond acceptors (Lipinski definition) is 3. The molecule has 0 aliphatic heterocycles. The minimum absolute atomic E-state index is 0.256. The molecule has 0 heterocycles. The molecule has 0 aromatic rings. The normalized spacial score (nSPS) is 14.2. The fourth-order valence-electron chi connectivity index (χ4n) is 0.226. The lowest BCUT2D eigenvalue weighted by Crippen LogP contribution is -2.14. The van der Waals surface area contributed by atoms with Crippen molar-refractivity contribution in [1.82, 2.24) is 0 Å². The van der Waals surface area contributed by atoms with Gasteiger partial charge in [0.05, 0.1) is 6.61 Å². The van der Waals surface area contributed by atoms with Crippen LogP contribution in [-0.2, 0) is 9.09 Å². The first-order valence-corrected chi connectivity index (χ1v) is 3.19. The summed E-state index contributed by atoms with van der Waals surface area (Å²) in [5.41, 5.74) is 5.23. The molecule has 0 aliphatic rings. The van der Waals surface area contributed by atoms with Crippen LogP contribution in [0.25, 0.3) is 0 Å². The molecule has 2 N–H and O–H groups in total. The summed E-state index contributed by atoms with van der Waals surface area (Å²) in [6.07, 6.45) is 0. The van der Waals surface area contributed by atoms with Crippen molar-refractivity contribution >= 4 is 8.69 Å². The van der Waals surface area contributed by atoms with Crippen molar-refractivity contribution in [1.29, 1.82) is 0 Å². The summed E-state index contributed by atoms with van der Waals surface area (Å²) in [5, 5.41) is 0. The second-order valence-electron chi connectivity index (χ2n) is 1.71. The zero-order chi connectivity index (χ0) is 6.41. The summed E-state index contributed by atoms with van der Waals surface area (Å²) in [7, 11) is -0.256. The topological polar surface area (TPSA) is 52.3 Å². The molecule has 0 rings (SSSR count). The molecular weight excluding hydrogens is 125 g/mol. The van der Waals surface area contributed by atoms with Crippen LogP contribution in [0, 0.1) is 5.92 Å². The summed E-state index contributed by atoms with van der Waals surface area (Å²) < 4.78 is 14.2. The Morgan fingerprint density at radius 3 is 2.88 bits per heavy atom. The molecule has 0 bridgehead atoms. The Labute approximate surface area is 50.5 Å². The van der Waals surface area contributed by atoms with Gasteiger partial charge in [0.1, 0.15) is 0 Å². The fraction of sp³-hybridized carbons (Fsp3) is 1.00. The molecule has 1 atom stereocenters. The highest BCUT2D eigenvalue weighted by Gasteiger charge is 1.96. The van der Waals surface area contributed by atoms with E-state index in [0.29, 0.717) is 19.1 Å². The molecule has 0 fully saturated rings. The van der Waals surface area contributed by atoms with Crippen LogP contribution in [0.1, 0.15) is 6.92 Å². The molecule has 3 nitrogen and oxygen atoms in total. The number of rotatable bonds is 4. The summed E-state index contributed by atoms with van der Waals surface area (Å²) in [5.74, 6) is 0.302. The van der Waals surface area contributed by atoms with E-state index in [9.17, 15) is 4.57 Å². The van der Waals surface area contributed by atoms with E-state index in [2.05, 4.69) is 4.52 Å². The lowest BCUT2D eigenvalue weighted by atomic mass is 10.2. The van der Waals surface area contributed by atoms with Gasteiger partial charge in [0.2, 0.25) is 0 Å². The van der Waals surface area contributed by atoms with Gasteiger partial charge < -0.3 is 5.73 Å². The van der Waals surface area contributed by atoms with E-state index >= 15 is 0 Å². The fourth-order valence-corrected chi connectivity index (χ4v) is 0.541. The monoisotopic (exact) mass is 135 g/mol. The van der Waals surface area contributed by atoms with Crippen molar-refractivity contribution in [2.24, 2.45) is 11.7 Å². The lowest BCUT2D eigenvalue weighted by Gasteiger charge is -2.01. The molecule has 0 aromatic carbocycles. The SMILES string of the molecule is CC(CN)COP=O. The van der Waals surface area contributed by atoms with Crippen LogP contribution in [0.3, 0.4) is 0 Å². The van der Waals surface area contributed by atoms with Crippen molar-refractivity contribution in [2.75, 3.05) is 13.2 Å². The van der Waals surface area contributed by atoms with Gasteiger partial charge in [-0.15, -0.1) is 0 Å². The van der Waals surface area contributed by atoms with E-state index in [4.69, 9.17) is 5.73 Å². The number of nitrogens with two attached hydrogens (primary N) is 1. The Balaban J connectivity index is 2.97. The van der Waals surface area contributed by atoms with E-state index in [1.54, 1.807) is 0 Å². The summed E-state index contributed by atoms with van der Waals surface area (Å²) in [6.45, 7) is 2.99. The van der Waals surface area contributed by atoms with E-state index < -0.39 is 0 Å². The molecular formula is C4H10NO2P. The third-order valence-electron chi connectivity index (χ3n) is 0.814.